The van der Waals surface area contributed by atoms with E-state index in [0.29, 0.717) is 0 Å². The Hall–Kier alpha value is -4.70. The second kappa shape index (κ2) is 10.6. The summed E-state index contributed by atoms with van der Waals surface area (Å²) in [6.07, 6.45) is 4.26. The monoisotopic (exact) mass is 554 g/mol. The first-order valence-electron chi connectivity index (χ1n) is 14.5. The Morgan fingerprint density at radius 3 is 1.67 bits per heavy atom. The molecule has 0 N–H and O–H groups in total. The third-order valence-electron chi connectivity index (χ3n) is 8.10. The predicted molar refractivity (Wildman–Crippen MR) is 172 cm³/mol. The number of hydrogen-bond donors (Lipinski definition) is 0. The average Bonchev–Trinajstić information content (AvgIpc) is 2.94. The van der Waals surface area contributed by atoms with E-state index >= 15 is 0 Å². The Morgan fingerprint density at radius 2 is 1.05 bits per heavy atom. The van der Waals surface area contributed by atoms with E-state index in [1.165, 1.54) is 16.7 Å². The average molecular weight is 555 g/mol. The number of aryl methyl sites for hydroxylation is 5. The van der Waals surface area contributed by atoms with Crippen molar-refractivity contribution in [3.63, 3.8) is 0 Å². The normalized spacial score (nSPS) is 18.5. The summed E-state index contributed by atoms with van der Waals surface area (Å²) in [5.41, 5.74) is 12.0. The molecule has 2 aliphatic rings. The van der Waals surface area contributed by atoms with Crippen LogP contribution in [0.25, 0.3) is 11.5 Å². The SMILES string of the molecule is CC1=[N+](c2ccccc2)C2(OC(c3ccccc3)=C1)OC(c1c(C)cc(C)cc1C)=CC(C)=[N+]2c1c(C)cccc1C. The summed E-state index contributed by atoms with van der Waals surface area (Å²) in [7, 11) is 0. The van der Waals surface area contributed by atoms with Crippen molar-refractivity contribution in [1.29, 1.82) is 0 Å². The quantitative estimate of drug-likeness (QED) is 0.235. The second-order valence-corrected chi connectivity index (χ2v) is 11.4. The highest BCUT2D eigenvalue weighted by Crippen LogP contribution is 2.45. The van der Waals surface area contributed by atoms with Gasteiger partial charge >= 0.3 is 6.03 Å². The van der Waals surface area contributed by atoms with Gasteiger partial charge < -0.3 is 9.47 Å². The molecule has 1 unspecified atom stereocenters. The molecule has 4 heteroatoms. The van der Waals surface area contributed by atoms with Gasteiger partial charge in [0.05, 0.1) is 0 Å². The molecule has 4 aromatic rings. The molecule has 0 fully saturated rings. The molecule has 2 aliphatic heterocycles. The summed E-state index contributed by atoms with van der Waals surface area (Å²) in [6, 6.07) is 30.1. The molecule has 1 spiro atoms. The fourth-order valence-corrected chi connectivity index (χ4v) is 6.46. The van der Waals surface area contributed by atoms with Crippen LogP contribution < -0.4 is 0 Å². The summed E-state index contributed by atoms with van der Waals surface area (Å²) in [5.74, 6) is 1.54. The number of rotatable bonds is 4. The predicted octanol–water partition coefficient (Wildman–Crippen LogP) is 8.89. The molecule has 4 aromatic carbocycles. The molecule has 0 aliphatic carbocycles. The minimum Gasteiger partial charge on any atom is -0.340 e. The van der Waals surface area contributed by atoms with Crippen LogP contribution in [0.5, 0.6) is 0 Å². The van der Waals surface area contributed by atoms with E-state index in [4.69, 9.17) is 9.47 Å². The van der Waals surface area contributed by atoms with Crippen LogP contribution in [-0.4, -0.2) is 26.6 Å². The number of hydrogen-bond acceptors (Lipinski definition) is 2. The van der Waals surface area contributed by atoms with Crippen molar-refractivity contribution >= 4 is 34.3 Å². The lowest BCUT2D eigenvalue weighted by Crippen LogP contribution is -2.58. The van der Waals surface area contributed by atoms with Crippen LogP contribution in [0, 0.1) is 34.6 Å². The Bertz CT molecular complexity index is 1780. The van der Waals surface area contributed by atoms with Gasteiger partial charge in [0.1, 0.15) is 0 Å². The minimum absolute atomic E-state index is 0.753. The van der Waals surface area contributed by atoms with E-state index in [-0.39, 0.29) is 0 Å². The van der Waals surface area contributed by atoms with Gasteiger partial charge in [-0.2, -0.15) is 0 Å². The molecule has 210 valence electrons. The molecule has 1 atom stereocenters. The molecule has 0 radical (unpaired) electrons. The maximum atomic E-state index is 7.35. The summed E-state index contributed by atoms with van der Waals surface area (Å²) in [4.78, 5) is 0. The van der Waals surface area contributed by atoms with Crippen LogP contribution in [0.1, 0.15) is 52.8 Å². The van der Waals surface area contributed by atoms with Crippen molar-refractivity contribution in [3.8, 4) is 0 Å². The van der Waals surface area contributed by atoms with Gasteiger partial charge in [-0.1, -0.05) is 89.0 Å². The standard InChI is InChI=1S/C38H38N2O2/c1-25-21-28(4)36(29(5)22-25)35-24-31(7)40(37-26(2)15-14-16-27(37)3)38(42-35)39(33-19-12-9-13-20-33)30(6)23-34(41-38)32-17-10-8-11-18-32/h8-24H,1-7H3/q+2. The Morgan fingerprint density at radius 1 is 0.524 bits per heavy atom. The summed E-state index contributed by atoms with van der Waals surface area (Å²) in [6.45, 7) is 15.0. The van der Waals surface area contributed by atoms with Gasteiger partial charge in [0, 0.05) is 60.4 Å². The molecule has 4 nitrogen and oxygen atoms in total. The largest absolute Gasteiger partial charge is 0.715 e. The molecule has 0 saturated heterocycles. The Kier molecular flexibility index (Phi) is 6.94. The van der Waals surface area contributed by atoms with Crippen molar-refractivity contribution in [2.75, 3.05) is 0 Å². The first kappa shape index (κ1) is 27.5. The molecule has 42 heavy (non-hydrogen) atoms. The summed E-state index contributed by atoms with van der Waals surface area (Å²) < 4.78 is 19.0. The van der Waals surface area contributed by atoms with E-state index in [1.54, 1.807) is 0 Å². The molecule has 0 saturated carbocycles. The van der Waals surface area contributed by atoms with E-state index in [2.05, 4.69) is 136 Å². The van der Waals surface area contributed by atoms with Crippen LogP contribution in [0.15, 0.2) is 103 Å². The van der Waals surface area contributed by atoms with Gasteiger partial charge in [0.15, 0.2) is 22.9 Å². The Labute approximate surface area is 249 Å². The number of ether oxygens (including phenoxy) is 2. The van der Waals surface area contributed by atoms with Gasteiger partial charge in [0.2, 0.25) is 11.4 Å². The fourth-order valence-electron chi connectivity index (χ4n) is 6.46. The smallest absolute Gasteiger partial charge is 0.340 e. The van der Waals surface area contributed by atoms with Crippen molar-refractivity contribution in [2.24, 2.45) is 0 Å². The highest BCUT2D eigenvalue weighted by molar-refractivity contribution is 5.98. The fraction of sp³-hybridized carbons (Fsp3) is 0.211. The van der Waals surface area contributed by atoms with Crippen LogP contribution in [-0.2, 0) is 9.47 Å². The summed E-state index contributed by atoms with van der Waals surface area (Å²) >= 11 is 0. The number of allylic oxidation sites excluding steroid dienone is 2. The molecule has 0 bridgehead atoms. The molecule has 0 amide bonds. The third kappa shape index (κ3) is 4.57. The maximum absolute atomic E-state index is 7.35. The maximum Gasteiger partial charge on any atom is 0.715 e. The van der Waals surface area contributed by atoms with Gasteiger partial charge in [-0.3, -0.25) is 0 Å². The van der Waals surface area contributed by atoms with Crippen molar-refractivity contribution in [3.05, 3.63) is 142 Å². The highest BCUT2D eigenvalue weighted by Gasteiger charge is 2.68. The first-order chi connectivity index (χ1) is 20.2. The molecule has 6 rings (SSSR count). The second-order valence-electron chi connectivity index (χ2n) is 11.4. The van der Waals surface area contributed by atoms with Crippen molar-refractivity contribution in [2.45, 2.75) is 54.5 Å². The zero-order chi connectivity index (χ0) is 29.6. The van der Waals surface area contributed by atoms with Gasteiger partial charge in [-0.05, 0) is 50.3 Å². The van der Waals surface area contributed by atoms with Crippen LogP contribution in [0.4, 0.5) is 11.4 Å². The number of para-hydroxylation sites is 2. The Balaban J connectivity index is 1.72. The summed E-state index contributed by atoms with van der Waals surface area (Å²) in [5, 5.41) is 0. The van der Waals surface area contributed by atoms with Gasteiger partial charge in [-0.15, -0.1) is 0 Å². The molecule has 0 aromatic heterocycles. The lowest BCUT2D eigenvalue weighted by molar-refractivity contribution is -0.868. The highest BCUT2D eigenvalue weighted by atomic mass is 16.7. The lowest BCUT2D eigenvalue weighted by Gasteiger charge is -2.34. The van der Waals surface area contributed by atoms with Crippen LogP contribution in [0.3, 0.4) is 0 Å². The topological polar surface area (TPSA) is 24.5 Å². The van der Waals surface area contributed by atoms with Crippen LogP contribution >= 0.6 is 0 Å². The minimum atomic E-state index is -1.39. The van der Waals surface area contributed by atoms with E-state index in [9.17, 15) is 0 Å². The first-order valence-corrected chi connectivity index (χ1v) is 14.5. The van der Waals surface area contributed by atoms with Crippen molar-refractivity contribution in [1.82, 2.24) is 0 Å². The number of benzene rings is 4. The van der Waals surface area contributed by atoms with Crippen molar-refractivity contribution < 1.29 is 18.6 Å². The molecular weight excluding hydrogens is 516 g/mol. The van der Waals surface area contributed by atoms with Gasteiger partial charge in [-0.25, -0.2) is 0 Å². The van der Waals surface area contributed by atoms with E-state index in [0.717, 1.165) is 56.6 Å². The lowest BCUT2D eigenvalue weighted by atomic mass is 9.97. The number of nitrogens with zero attached hydrogens (tertiary/aromatic N) is 2. The molecule has 2 heterocycles. The van der Waals surface area contributed by atoms with E-state index in [1.807, 2.05) is 24.3 Å². The van der Waals surface area contributed by atoms with Crippen LogP contribution in [0.2, 0.25) is 0 Å². The molecular formula is C38H38N2O2+2. The zero-order valence-corrected chi connectivity index (χ0v) is 25.5. The zero-order valence-electron chi connectivity index (χ0n) is 25.5. The third-order valence-corrected chi connectivity index (χ3v) is 8.10. The van der Waals surface area contributed by atoms with Gasteiger partial charge in [0.25, 0.3) is 0 Å². The van der Waals surface area contributed by atoms with E-state index < -0.39 is 6.03 Å².